The maximum absolute atomic E-state index is 12.2. The molecule has 3 rings (SSSR count). The van der Waals surface area contributed by atoms with Crippen molar-refractivity contribution in [1.82, 2.24) is 20.0 Å². The van der Waals surface area contributed by atoms with E-state index >= 15 is 0 Å². The van der Waals surface area contributed by atoms with Crippen LogP contribution in [0.4, 0.5) is 5.95 Å². The molecule has 1 saturated heterocycles. The summed E-state index contributed by atoms with van der Waals surface area (Å²) in [6, 6.07) is 2.00. The molecule has 22 heavy (non-hydrogen) atoms. The number of nitrogens with one attached hydrogen (secondary N) is 1. The second kappa shape index (κ2) is 6.13. The zero-order valence-electron chi connectivity index (χ0n) is 12.7. The highest BCUT2D eigenvalue weighted by molar-refractivity contribution is 5.77. The Bertz CT molecular complexity index is 630. The molecule has 0 aromatic carbocycles. The molecule has 2 aromatic heterocycles. The monoisotopic (exact) mass is 301 g/mol. The molecule has 1 fully saturated rings. The molecule has 1 amide bonds. The molecule has 0 unspecified atom stereocenters. The van der Waals surface area contributed by atoms with Gasteiger partial charge in [0.2, 0.25) is 11.9 Å². The van der Waals surface area contributed by atoms with Crippen LogP contribution < -0.4 is 5.32 Å². The average molecular weight is 301 g/mol. The third kappa shape index (κ3) is 3.08. The molecule has 7 heteroatoms. The van der Waals surface area contributed by atoms with Gasteiger partial charge in [0.1, 0.15) is 5.76 Å². The predicted octanol–water partition coefficient (Wildman–Crippen LogP) is 1.34. The first-order chi connectivity index (χ1) is 10.6. The molecule has 1 aliphatic rings. The predicted molar refractivity (Wildman–Crippen MR) is 80.3 cm³/mol. The summed E-state index contributed by atoms with van der Waals surface area (Å²) in [6.07, 6.45) is 4.55. The molecule has 7 nitrogen and oxygen atoms in total. The van der Waals surface area contributed by atoms with Gasteiger partial charge in [-0.05, 0) is 26.3 Å². The summed E-state index contributed by atoms with van der Waals surface area (Å²) in [7, 11) is 0. The van der Waals surface area contributed by atoms with E-state index in [2.05, 4.69) is 20.4 Å². The maximum Gasteiger partial charge on any atom is 0.223 e. The number of amides is 1. The highest BCUT2D eigenvalue weighted by atomic mass is 16.5. The lowest BCUT2D eigenvalue weighted by atomic mass is 10.0. The van der Waals surface area contributed by atoms with Gasteiger partial charge >= 0.3 is 0 Å². The van der Waals surface area contributed by atoms with Gasteiger partial charge in [-0.2, -0.15) is 0 Å². The number of likely N-dealkylation sites (tertiary alicyclic amines) is 1. The standard InChI is InChI=1S/C15H19N5O2/c1-10-13(11(2)22-19-10)4-5-14(21)20-8-12(9-20)18-15-16-6-3-7-17-15/h3,6-7,12H,4-5,8-9H2,1-2H3,(H,16,17,18). The van der Waals surface area contributed by atoms with Crippen LogP contribution in [0.25, 0.3) is 0 Å². The minimum Gasteiger partial charge on any atom is -0.361 e. The largest absolute Gasteiger partial charge is 0.361 e. The second-order valence-electron chi connectivity index (χ2n) is 5.52. The second-order valence-corrected chi connectivity index (χ2v) is 5.52. The van der Waals surface area contributed by atoms with Crippen molar-refractivity contribution in [2.24, 2.45) is 0 Å². The van der Waals surface area contributed by atoms with E-state index in [1.54, 1.807) is 18.5 Å². The maximum atomic E-state index is 12.2. The van der Waals surface area contributed by atoms with E-state index in [4.69, 9.17) is 4.52 Å². The molecular formula is C15H19N5O2. The van der Waals surface area contributed by atoms with Gasteiger partial charge in [-0.3, -0.25) is 4.79 Å². The van der Waals surface area contributed by atoms with Crippen molar-refractivity contribution >= 4 is 11.9 Å². The number of carbonyl (C=O) groups excluding carboxylic acids is 1. The molecule has 2 aromatic rings. The van der Waals surface area contributed by atoms with Crippen LogP contribution >= 0.6 is 0 Å². The number of aromatic nitrogens is 3. The Balaban J connectivity index is 1.44. The van der Waals surface area contributed by atoms with Crippen molar-refractivity contribution in [3.63, 3.8) is 0 Å². The summed E-state index contributed by atoms with van der Waals surface area (Å²) < 4.78 is 5.11. The van der Waals surface area contributed by atoms with Crippen LogP contribution in [0.15, 0.2) is 23.0 Å². The molecule has 3 heterocycles. The van der Waals surface area contributed by atoms with Gasteiger partial charge in [-0.25, -0.2) is 9.97 Å². The number of hydrogen-bond donors (Lipinski definition) is 1. The first-order valence-corrected chi connectivity index (χ1v) is 7.36. The van der Waals surface area contributed by atoms with Gasteiger partial charge in [0.15, 0.2) is 0 Å². The van der Waals surface area contributed by atoms with Crippen molar-refractivity contribution in [2.45, 2.75) is 32.7 Å². The summed E-state index contributed by atoms with van der Waals surface area (Å²) >= 11 is 0. The van der Waals surface area contributed by atoms with Crippen LogP contribution in [0.5, 0.6) is 0 Å². The van der Waals surface area contributed by atoms with Gasteiger partial charge in [-0.15, -0.1) is 0 Å². The summed E-state index contributed by atoms with van der Waals surface area (Å²) in [5.41, 5.74) is 1.91. The van der Waals surface area contributed by atoms with Crippen LogP contribution in [0, 0.1) is 13.8 Å². The van der Waals surface area contributed by atoms with Gasteiger partial charge in [0.25, 0.3) is 0 Å². The molecule has 0 spiro atoms. The molecule has 0 radical (unpaired) electrons. The Hall–Kier alpha value is -2.44. The first kappa shape index (κ1) is 14.5. The lowest BCUT2D eigenvalue weighted by molar-refractivity contribution is -0.135. The fraction of sp³-hybridized carbons (Fsp3) is 0.467. The summed E-state index contributed by atoms with van der Waals surface area (Å²) in [4.78, 5) is 22.2. The van der Waals surface area contributed by atoms with Gasteiger partial charge < -0.3 is 14.7 Å². The Morgan fingerprint density at radius 1 is 1.36 bits per heavy atom. The third-order valence-corrected chi connectivity index (χ3v) is 3.90. The van der Waals surface area contributed by atoms with E-state index in [0.29, 0.717) is 31.9 Å². The van der Waals surface area contributed by atoms with Crippen LogP contribution in [0.2, 0.25) is 0 Å². The van der Waals surface area contributed by atoms with Gasteiger partial charge in [0.05, 0.1) is 11.7 Å². The van der Waals surface area contributed by atoms with E-state index in [1.807, 2.05) is 18.7 Å². The van der Waals surface area contributed by atoms with Crippen molar-refractivity contribution < 1.29 is 9.32 Å². The van der Waals surface area contributed by atoms with Crippen molar-refractivity contribution in [3.8, 4) is 0 Å². The molecule has 0 bridgehead atoms. The highest BCUT2D eigenvalue weighted by Gasteiger charge is 2.30. The van der Waals surface area contributed by atoms with Crippen LogP contribution in [0.1, 0.15) is 23.4 Å². The van der Waals surface area contributed by atoms with Crippen molar-refractivity contribution in [2.75, 3.05) is 18.4 Å². The van der Waals surface area contributed by atoms with Gasteiger partial charge in [-0.1, -0.05) is 5.16 Å². The van der Waals surface area contributed by atoms with Crippen LogP contribution in [0.3, 0.4) is 0 Å². The molecule has 0 saturated carbocycles. The number of hydrogen-bond acceptors (Lipinski definition) is 6. The molecule has 0 aliphatic carbocycles. The number of aryl methyl sites for hydroxylation is 2. The van der Waals surface area contributed by atoms with Crippen LogP contribution in [-0.2, 0) is 11.2 Å². The molecule has 1 aliphatic heterocycles. The van der Waals surface area contributed by atoms with E-state index in [9.17, 15) is 4.79 Å². The average Bonchev–Trinajstić information content (AvgIpc) is 2.80. The number of carbonyl (C=O) groups is 1. The third-order valence-electron chi connectivity index (χ3n) is 3.90. The fourth-order valence-corrected chi connectivity index (χ4v) is 2.58. The summed E-state index contributed by atoms with van der Waals surface area (Å²) in [5.74, 6) is 1.57. The van der Waals surface area contributed by atoms with Crippen LogP contribution in [-0.4, -0.2) is 45.1 Å². The molecular weight excluding hydrogens is 282 g/mol. The number of nitrogens with zero attached hydrogens (tertiary/aromatic N) is 4. The lowest BCUT2D eigenvalue weighted by Crippen LogP contribution is -2.57. The quantitative estimate of drug-likeness (QED) is 0.897. The fourth-order valence-electron chi connectivity index (χ4n) is 2.58. The zero-order valence-corrected chi connectivity index (χ0v) is 12.7. The lowest BCUT2D eigenvalue weighted by Gasteiger charge is -2.39. The van der Waals surface area contributed by atoms with Crippen molar-refractivity contribution in [3.05, 3.63) is 35.5 Å². The number of anilines is 1. The Morgan fingerprint density at radius 3 is 2.73 bits per heavy atom. The normalized spacial score (nSPS) is 14.7. The SMILES string of the molecule is Cc1noc(C)c1CCC(=O)N1CC(Nc2ncccn2)C1. The van der Waals surface area contributed by atoms with E-state index < -0.39 is 0 Å². The van der Waals surface area contributed by atoms with E-state index in [0.717, 1.165) is 17.0 Å². The summed E-state index contributed by atoms with van der Waals surface area (Å²) in [5, 5.41) is 7.12. The topological polar surface area (TPSA) is 84.2 Å². The Labute approximate surface area is 128 Å². The highest BCUT2D eigenvalue weighted by Crippen LogP contribution is 2.17. The smallest absolute Gasteiger partial charge is 0.223 e. The first-order valence-electron chi connectivity index (χ1n) is 7.36. The molecule has 1 N–H and O–H groups in total. The minimum atomic E-state index is 0.159. The van der Waals surface area contributed by atoms with Gasteiger partial charge in [0, 0.05) is 37.5 Å². The summed E-state index contributed by atoms with van der Waals surface area (Å²) in [6.45, 7) is 5.17. The van der Waals surface area contributed by atoms with E-state index in [1.165, 1.54) is 0 Å². The Morgan fingerprint density at radius 2 is 2.09 bits per heavy atom. The zero-order chi connectivity index (χ0) is 15.5. The Kier molecular flexibility index (Phi) is 4.04. The number of rotatable bonds is 5. The molecule has 0 atom stereocenters. The minimum absolute atomic E-state index is 0.159. The van der Waals surface area contributed by atoms with E-state index in [-0.39, 0.29) is 11.9 Å². The van der Waals surface area contributed by atoms with Crippen molar-refractivity contribution in [1.29, 1.82) is 0 Å². The molecule has 116 valence electrons.